The second-order valence-corrected chi connectivity index (χ2v) is 10.4. The van der Waals surface area contributed by atoms with E-state index in [-0.39, 0.29) is 23.2 Å². The number of hydrogen-bond acceptors (Lipinski definition) is 6. The standard InChI is InChI=1S/C29H35F2N7/c1-6-21(19-9-11-32-12-10-19)22-7-8-26(34-17(22)4)36-29-33-15-24(31)27(37-29)20-13-23(30)28-25(14-20)38(16(2)3)18(5)35-28/h7-8,13-16,19,21,32H,6,9-12H2,1-5H3,(H,33,34,36,37). The van der Waals surface area contributed by atoms with E-state index in [1.54, 1.807) is 6.07 Å². The summed E-state index contributed by atoms with van der Waals surface area (Å²) in [5.41, 5.74) is 3.45. The Morgan fingerprint density at radius 1 is 1.05 bits per heavy atom. The molecule has 200 valence electrons. The minimum Gasteiger partial charge on any atom is -0.326 e. The molecule has 1 unspecified atom stereocenters. The van der Waals surface area contributed by atoms with Crippen molar-refractivity contribution in [2.24, 2.45) is 5.92 Å². The second kappa shape index (κ2) is 10.7. The largest absolute Gasteiger partial charge is 0.326 e. The van der Waals surface area contributed by atoms with Gasteiger partial charge in [0.25, 0.3) is 0 Å². The molecule has 7 nitrogen and oxygen atoms in total. The van der Waals surface area contributed by atoms with E-state index in [1.165, 1.54) is 24.5 Å². The zero-order chi connectivity index (χ0) is 27.0. The molecule has 1 saturated heterocycles. The highest BCUT2D eigenvalue weighted by Gasteiger charge is 2.25. The SMILES string of the molecule is CCC(c1ccc(Nc2ncc(F)c(-c3cc(F)c4nc(C)n(C(C)C)c4c3)n2)nc1C)C1CCNCC1. The van der Waals surface area contributed by atoms with Crippen molar-refractivity contribution >= 4 is 22.8 Å². The summed E-state index contributed by atoms with van der Waals surface area (Å²) in [4.78, 5) is 17.7. The van der Waals surface area contributed by atoms with Gasteiger partial charge in [-0.25, -0.2) is 28.7 Å². The number of imidazole rings is 1. The first-order valence-corrected chi connectivity index (χ1v) is 13.4. The number of pyridine rings is 1. The lowest BCUT2D eigenvalue weighted by Gasteiger charge is -2.31. The lowest BCUT2D eigenvalue weighted by atomic mass is 9.78. The summed E-state index contributed by atoms with van der Waals surface area (Å²) in [6, 6.07) is 7.13. The molecule has 0 saturated carbocycles. The Balaban J connectivity index is 1.44. The van der Waals surface area contributed by atoms with E-state index >= 15 is 4.39 Å². The molecule has 0 radical (unpaired) electrons. The normalized spacial score (nSPS) is 15.4. The van der Waals surface area contributed by atoms with Crippen molar-refractivity contribution in [2.75, 3.05) is 18.4 Å². The van der Waals surface area contributed by atoms with E-state index in [2.05, 4.69) is 38.6 Å². The minimum absolute atomic E-state index is 0.0164. The highest BCUT2D eigenvalue weighted by molar-refractivity contribution is 5.83. The van der Waals surface area contributed by atoms with Gasteiger partial charge in [-0.15, -0.1) is 0 Å². The third-order valence-corrected chi connectivity index (χ3v) is 7.62. The van der Waals surface area contributed by atoms with Gasteiger partial charge in [0.05, 0.1) is 11.7 Å². The van der Waals surface area contributed by atoms with Crippen LogP contribution in [-0.2, 0) is 0 Å². The highest BCUT2D eigenvalue weighted by Crippen LogP contribution is 2.36. The molecule has 4 heterocycles. The van der Waals surface area contributed by atoms with Crippen molar-refractivity contribution in [1.29, 1.82) is 0 Å². The van der Waals surface area contributed by atoms with Crippen molar-refractivity contribution in [1.82, 2.24) is 29.8 Å². The molecule has 0 amide bonds. The predicted octanol–water partition coefficient (Wildman–Crippen LogP) is 6.60. The van der Waals surface area contributed by atoms with Crippen LogP contribution >= 0.6 is 0 Å². The second-order valence-electron chi connectivity index (χ2n) is 10.4. The number of piperidine rings is 1. The molecular formula is C29H35F2N7. The van der Waals surface area contributed by atoms with Crippen LogP contribution in [-0.4, -0.2) is 37.6 Å². The first-order chi connectivity index (χ1) is 18.3. The molecule has 9 heteroatoms. The topological polar surface area (TPSA) is 80.6 Å². The Kier molecular flexibility index (Phi) is 7.38. The Bertz CT molecular complexity index is 1460. The van der Waals surface area contributed by atoms with Crippen molar-refractivity contribution in [3.63, 3.8) is 0 Å². The number of benzene rings is 1. The zero-order valence-electron chi connectivity index (χ0n) is 22.6. The zero-order valence-corrected chi connectivity index (χ0v) is 22.6. The molecule has 4 aromatic rings. The summed E-state index contributed by atoms with van der Waals surface area (Å²) in [6.45, 7) is 12.2. The van der Waals surface area contributed by atoms with Gasteiger partial charge in [-0.2, -0.15) is 0 Å². The number of aromatic nitrogens is 5. The molecule has 0 bridgehead atoms. The van der Waals surface area contributed by atoms with Crippen LogP contribution in [0.15, 0.2) is 30.5 Å². The van der Waals surface area contributed by atoms with Crippen LogP contribution in [0.3, 0.4) is 0 Å². The van der Waals surface area contributed by atoms with Crippen molar-refractivity contribution < 1.29 is 8.78 Å². The summed E-state index contributed by atoms with van der Waals surface area (Å²) in [6.07, 6.45) is 4.52. The van der Waals surface area contributed by atoms with Gasteiger partial charge in [0.1, 0.15) is 22.9 Å². The van der Waals surface area contributed by atoms with Crippen molar-refractivity contribution in [3.05, 3.63) is 59.2 Å². The fraction of sp³-hybridized carbons (Fsp3) is 0.448. The summed E-state index contributed by atoms with van der Waals surface area (Å²) >= 11 is 0. The molecule has 3 aromatic heterocycles. The predicted molar refractivity (Wildman–Crippen MR) is 147 cm³/mol. The van der Waals surface area contributed by atoms with Crippen LogP contribution in [0.4, 0.5) is 20.5 Å². The van der Waals surface area contributed by atoms with Crippen LogP contribution in [0.2, 0.25) is 0 Å². The number of nitrogens with zero attached hydrogens (tertiary/aromatic N) is 5. The first kappa shape index (κ1) is 26.2. The fourth-order valence-corrected chi connectivity index (χ4v) is 5.89. The van der Waals surface area contributed by atoms with Crippen LogP contribution < -0.4 is 10.6 Å². The van der Waals surface area contributed by atoms with E-state index in [0.717, 1.165) is 31.4 Å². The van der Waals surface area contributed by atoms with Crippen LogP contribution in [0.5, 0.6) is 0 Å². The van der Waals surface area contributed by atoms with Crippen LogP contribution in [0.1, 0.15) is 69.1 Å². The molecular weight excluding hydrogens is 484 g/mol. The van der Waals surface area contributed by atoms with E-state index in [4.69, 9.17) is 4.98 Å². The molecule has 1 aromatic carbocycles. The van der Waals surface area contributed by atoms with E-state index in [1.807, 2.05) is 38.3 Å². The average Bonchev–Trinajstić information content (AvgIpc) is 3.24. The molecule has 1 aliphatic rings. The molecule has 2 N–H and O–H groups in total. The number of rotatable bonds is 7. The van der Waals surface area contributed by atoms with E-state index < -0.39 is 11.6 Å². The number of hydrogen-bond donors (Lipinski definition) is 2. The summed E-state index contributed by atoms with van der Waals surface area (Å²) < 4.78 is 31.8. The molecule has 38 heavy (non-hydrogen) atoms. The number of fused-ring (bicyclic) bond motifs is 1. The Labute approximate surface area is 222 Å². The smallest absolute Gasteiger partial charge is 0.229 e. The van der Waals surface area contributed by atoms with Crippen molar-refractivity contribution in [3.8, 4) is 11.3 Å². The molecule has 0 aliphatic carbocycles. The van der Waals surface area contributed by atoms with Crippen LogP contribution in [0.25, 0.3) is 22.3 Å². The monoisotopic (exact) mass is 519 g/mol. The molecule has 1 aliphatic heterocycles. The lowest BCUT2D eigenvalue weighted by molar-refractivity contribution is 0.311. The third kappa shape index (κ3) is 4.99. The maximum Gasteiger partial charge on any atom is 0.229 e. The quantitative estimate of drug-likeness (QED) is 0.286. The summed E-state index contributed by atoms with van der Waals surface area (Å²) in [5.74, 6) is 1.46. The number of nitrogens with one attached hydrogen (secondary N) is 2. The van der Waals surface area contributed by atoms with Gasteiger partial charge >= 0.3 is 0 Å². The van der Waals surface area contributed by atoms with Gasteiger partial charge in [0.2, 0.25) is 5.95 Å². The molecule has 1 fully saturated rings. The van der Waals surface area contributed by atoms with Crippen LogP contribution in [0, 0.1) is 31.4 Å². The summed E-state index contributed by atoms with van der Waals surface area (Å²) in [5, 5.41) is 6.56. The minimum atomic E-state index is -0.631. The average molecular weight is 520 g/mol. The molecule has 1 atom stereocenters. The highest BCUT2D eigenvalue weighted by atomic mass is 19.1. The van der Waals surface area contributed by atoms with E-state index in [0.29, 0.717) is 34.6 Å². The molecule has 0 spiro atoms. The van der Waals surface area contributed by atoms with Crippen molar-refractivity contribution in [2.45, 2.75) is 65.8 Å². The lowest BCUT2D eigenvalue weighted by Crippen LogP contribution is -2.31. The Hall–Kier alpha value is -3.46. The fourth-order valence-electron chi connectivity index (χ4n) is 5.89. The Morgan fingerprint density at radius 2 is 1.82 bits per heavy atom. The number of aryl methyl sites for hydroxylation is 2. The first-order valence-electron chi connectivity index (χ1n) is 13.4. The molecule has 5 rings (SSSR count). The van der Waals surface area contributed by atoms with Gasteiger partial charge in [-0.1, -0.05) is 13.0 Å². The van der Waals surface area contributed by atoms with Gasteiger partial charge in [0, 0.05) is 17.3 Å². The van der Waals surface area contributed by atoms with Gasteiger partial charge in [0.15, 0.2) is 11.6 Å². The maximum absolute atomic E-state index is 15.0. The maximum atomic E-state index is 15.0. The van der Waals surface area contributed by atoms with Gasteiger partial charge in [-0.05, 0) is 95.6 Å². The van der Waals surface area contributed by atoms with Gasteiger partial charge < -0.3 is 15.2 Å². The number of anilines is 2. The number of halogens is 2. The van der Waals surface area contributed by atoms with E-state index in [9.17, 15) is 4.39 Å². The third-order valence-electron chi connectivity index (χ3n) is 7.62. The van der Waals surface area contributed by atoms with Gasteiger partial charge in [-0.3, -0.25) is 0 Å². The summed E-state index contributed by atoms with van der Waals surface area (Å²) in [7, 11) is 0. The Morgan fingerprint density at radius 3 is 2.50 bits per heavy atom.